The van der Waals surface area contributed by atoms with Crippen molar-refractivity contribution in [1.29, 1.82) is 0 Å². The summed E-state index contributed by atoms with van der Waals surface area (Å²) in [5.74, 6) is -0.799. The van der Waals surface area contributed by atoms with Crippen LogP contribution < -0.4 is 5.32 Å². The summed E-state index contributed by atoms with van der Waals surface area (Å²) in [5, 5.41) is 12.1. The Morgan fingerprint density at radius 2 is 2.18 bits per heavy atom. The zero-order chi connectivity index (χ0) is 13.3. The molecule has 0 aliphatic heterocycles. The molecule has 0 saturated heterocycles. The number of hydrogen-bond donors (Lipinski definition) is 2. The van der Waals surface area contributed by atoms with Crippen LogP contribution in [0.25, 0.3) is 0 Å². The summed E-state index contributed by atoms with van der Waals surface area (Å²) in [4.78, 5) is 11.2. The van der Waals surface area contributed by atoms with Crippen molar-refractivity contribution in [2.45, 2.75) is 44.8 Å². The fourth-order valence-corrected chi connectivity index (χ4v) is 1.78. The lowest BCUT2D eigenvalue weighted by molar-refractivity contribution is -0.145. The summed E-state index contributed by atoms with van der Waals surface area (Å²) in [6.07, 6.45) is 1.90. The maximum Gasteiger partial charge on any atom is 0.323 e. The van der Waals surface area contributed by atoms with Gasteiger partial charge in [0.1, 0.15) is 5.54 Å². The predicted molar refractivity (Wildman–Crippen MR) is 66.2 cm³/mol. The summed E-state index contributed by atoms with van der Waals surface area (Å²) in [6.45, 7) is 4.93. The number of carboxylic acid groups (broad SMARTS) is 1. The number of methoxy groups -OCH3 is 1. The molecule has 0 saturated carbocycles. The van der Waals surface area contributed by atoms with Crippen LogP contribution in [0.4, 0.5) is 0 Å². The van der Waals surface area contributed by atoms with Crippen LogP contribution in [0.15, 0.2) is 0 Å². The SMILES string of the molecule is CCC(CCCOC(C)COC)(NC)C(=O)O. The second kappa shape index (κ2) is 8.44. The van der Waals surface area contributed by atoms with Crippen LogP contribution in [0, 0.1) is 0 Å². The zero-order valence-electron chi connectivity index (χ0n) is 11.3. The molecule has 0 aliphatic rings. The van der Waals surface area contributed by atoms with Crippen LogP contribution in [0.2, 0.25) is 0 Å². The molecular formula is C12H25NO4. The highest BCUT2D eigenvalue weighted by molar-refractivity contribution is 5.78. The van der Waals surface area contributed by atoms with E-state index in [4.69, 9.17) is 9.47 Å². The topological polar surface area (TPSA) is 67.8 Å². The molecule has 102 valence electrons. The molecule has 0 radical (unpaired) electrons. The molecule has 2 atom stereocenters. The monoisotopic (exact) mass is 247 g/mol. The van der Waals surface area contributed by atoms with Gasteiger partial charge >= 0.3 is 5.97 Å². The van der Waals surface area contributed by atoms with E-state index in [2.05, 4.69) is 5.32 Å². The van der Waals surface area contributed by atoms with E-state index in [1.807, 2.05) is 13.8 Å². The average Bonchev–Trinajstić information content (AvgIpc) is 2.30. The predicted octanol–water partition coefficient (Wildman–Crippen LogP) is 1.27. The van der Waals surface area contributed by atoms with E-state index in [1.54, 1.807) is 14.2 Å². The van der Waals surface area contributed by atoms with E-state index in [9.17, 15) is 9.90 Å². The third-order valence-corrected chi connectivity index (χ3v) is 3.04. The van der Waals surface area contributed by atoms with Gasteiger partial charge in [-0.05, 0) is 33.2 Å². The standard InChI is InChI=1S/C12H25NO4/c1-5-12(13-3,11(14)15)7-6-8-17-10(2)9-16-4/h10,13H,5-9H2,1-4H3,(H,14,15). The van der Waals surface area contributed by atoms with Gasteiger partial charge in [0.15, 0.2) is 0 Å². The molecule has 0 aromatic rings. The molecule has 0 bridgehead atoms. The smallest absolute Gasteiger partial charge is 0.323 e. The first-order valence-corrected chi connectivity index (χ1v) is 6.05. The third kappa shape index (κ3) is 5.48. The van der Waals surface area contributed by atoms with Crippen LogP contribution in [0.3, 0.4) is 0 Å². The van der Waals surface area contributed by atoms with Crippen molar-refractivity contribution in [3.05, 3.63) is 0 Å². The first-order valence-electron chi connectivity index (χ1n) is 6.05. The Hall–Kier alpha value is -0.650. The summed E-state index contributed by atoms with van der Waals surface area (Å²) in [5.41, 5.74) is -0.826. The molecule has 0 fully saturated rings. The highest BCUT2D eigenvalue weighted by atomic mass is 16.5. The van der Waals surface area contributed by atoms with Gasteiger partial charge in [-0.3, -0.25) is 4.79 Å². The van der Waals surface area contributed by atoms with E-state index in [0.717, 1.165) is 6.42 Å². The molecular weight excluding hydrogens is 222 g/mol. The minimum Gasteiger partial charge on any atom is -0.480 e. The average molecular weight is 247 g/mol. The van der Waals surface area contributed by atoms with Crippen LogP contribution in [0.1, 0.15) is 33.1 Å². The normalized spacial score (nSPS) is 16.5. The highest BCUT2D eigenvalue weighted by Gasteiger charge is 2.34. The van der Waals surface area contributed by atoms with Crippen LogP contribution >= 0.6 is 0 Å². The van der Waals surface area contributed by atoms with Crippen molar-refractivity contribution in [1.82, 2.24) is 5.32 Å². The molecule has 0 aliphatic carbocycles. The van der Waals surface area contributed by atoms with Crippen LogP contribution in [0.5, 0.6) is 0 Å². The van der Waals surface area contributed by atoms with Gasteiger partial charge in [0.05, 0.1) is 12.7 Å². The van der Waals surface area contributed by atoms with Crippen molar-refractivity contribution in [2.75, 3.05) is 27.4 Å². The van der Waals surface area contributed by atoms with E-state index < -0.39 is 11.5 Å². The summed E-state index contributed by atoms with van der Waals surface area (Å²) in [7, 11) is 3.32. The molecule has 0 aromatic carbocycles. The number of likely N-dealkylation sites (N-methyl/N-ethyl adjacent to an activating group) is 1. The summed E-state index contributed by atoms with van der Waals surface area (Å²) >= 11 is 0. The number of hydrogen-bond acceptors (Lipinski definition) is 4. The highest BCUT2D eigenvalue weighted by Crippen LogP contribution is 2.17. The zero-order valence-corrected chi connectivity index (χ0v) is 11.3. The van der Waals surface area contributed by atoms with E-state index in [-0.39, 0.29) is 6.10 Å². The lowest BCUT2D eigenvalue weighted by Crippen LogP contribution is -2.50. The minimum absolute atomic E-state index is 0.0513. The minimum atomic E-state index is -0.826. The quantitative estimate of drug-likeness (QED) is 0.569. The van der Waals surface area contributed by atoms with Gasteiger partial charge < -0.3 is 19.9 Å². The number of nitrogens with one attached hydrogen (secondary N) is 1. The lowest BCUT2D eigenvalue weighted by atomic mass is 9.91. The van der Waals surface area contributed by atoms with Gasteiger partial charge in [0.25, 0.3) is 0 Å². The molecule has 0 aromatic heterocycles. The summed E-state index contributed by atoms with van der Waals surface area (Å²) < 4.78 is 10.5. The van der Waals surface area contributed by atoms with Crippen molar-refractivity contribution in [3.8, 4) is 0 Å². The Morgan fingerprint density at radius 3 is 2.59 bits per heavy atom. The number of carbonyl (C=O) groups is 1. The van der Waals surface area contributed by atoms with E-state index >= 15 is 0 Å². The second-order valence-electron chi connectivity index (χ2n) is 4.23. The summed E-state index contributed by atoms with van der Waals surface area (Å²) in [6, 6.07) is 0. The van der Waals surface area contributed by atoms with Gasteiger partial charge in [-0.15, -0.1) is 0 Å². The molecule has 5 nitrogen and oxygen atoms in total. The van der Waals surface area contributed by atoms with Crippen molar-refractivity contribution >= 4 is 5.97 Å². The Morgan fingerprint density at radius 1 is 1.53 bits per heavy atom. The number of ether oxygens (including phenoxy) is 2. The number of aliphatic carboxylic acids is 1. The van der Waals surface area contributed by atoms with Crippen molar-refractivity contribution < 1.29 is 19.4 Å². The van der Waals surface area contributed by atoms with Gasteiger partial charge in [-0.1, -0.05) is 6.92 Å². The van der Waals surface area contributed by atoms with Gasteiger partial charge in [-0.25, -0.2) is 0 Å². The van der Waals surface area contributed by atoms with Crippen molar-refractivity contribution in [2.24, 2.45) is 0 Å². The number of rotatable bonds is 10. The Bertz CT molecular complexity index is 217. The van der Waals surface area contributed by atoms with Gasteiger partial charge in [0, 0.05) is 13.7 Å². The Labute approximate surface area is 103 Å². The molecule has 0 spiro atoms. The Kier molecular flexibility index (Phi) is 8.12. The molecule has 0 amide bonds. The third-order valence-electron chi connectivity index (χ3n) is 3.04. The molecule has 2 N–H and O–H groups in total. The maximum atomic E-state index is 11.2. The van der Waals surface area contributed by atoms with Gasteiger partial charge in [0.2, 0.25) is 0 Å². The Balaban J connectivity index is 3.95. The van der Waals surface area contributed by atoms with Gasteiger partial charge in [-0.2, -0.15) is 0 Å². The van der Waals surface area contributed by atoms with Crippen LogP contribution in [-0.4, -0.2) is 50.1 Å². The lowest BCUT2D eigenvalue weighted by Gasteiger charge is -2.27. The fourth-order valence-electron chi connectivity index (χ4n) is 1.78. The molecule has 0 heterocycles. The van der Waals surface area contributed by atoms with E-state index in [1.165, 1.54) is 0 Å². The van der Waals surface area contributed by atoms with Crippen LogP contribution in [-0.2, 0) is 14.3 Å². The first-order chi connectivity index (χ1) is 8.02. The fraction of sp³-hybridized carbons (Fsp3) is 0.917. The number of carboxylic acids is 1. The first kappa shape index (κ1) is 16.4. The molecule has 17 heavy (non-hydrogen) atoms. The van der Waals surface area contributed by atoms with E-state index in [0.29, 0.717) is 26.1 Å². The second-order valence-corrected chi connectivity index (χ2v) is 4.23. The molecule has 0 rings (SSSR count). The molecule has 2 unspecified atom stereocenters. The maximum absolute atomic E-state index is 11.2. The molecule has 5 heteroatoms. The largest absolute Gasteiger partial charge is 0.480 e. The van der Waals surface area contributed by atoms with Crippen molar-refractivity contribution in [3.63, 3.8) is 0 Å².